The van der Waals surface area contributed by atoms with E-state index in [1.165, 1.54) is 0 Å². The Morgan fingerprint density at radius 1 is 1.12 bits per heavy atom. The summed E-state index contributed by atoms with van der Waals surface area (Å²) in [6, 6.07) is -0.521. The first kappa shape index (κ1) is 27.5. The molecule has 4 N–H and O–H groups in total. The molecule has 3 rings (SSSR count). The van der Waals surface area contributed by atoms with E-state index < -0.39 is 54.5 Å². The number of piperidine rings is 1. The molecule has 0 spiro atoms. The van der Waals surface area contributed by atoms with Gasteiger partial charge in [0, 0.05) is 43.9 Å². The van der Waals surface area contributed by atoms with Gasteiger partial charge in [0.05, 0.1) is 18.1 Å². The average Bonchev–Trinajstić information content (AvgIpc) is 3.32. The predicted molar refractivity (Wildman–Crippen MR) is 124 cm³/mol. The zero-order chi connectivity index (χ0) is 24.8. The number of carbonyl (C=O) groups is 3. The Hall–Kier alpha value is -1.09. The molecule has 2 unspecified atom stereocenters. The number of hydrogen-bond donors (Lipinski definition) is 4. The standard InChI is InChI=1S/C21H34N2O9S2/c1-12(21(30)31-14-11-22-8-6-13(24)18(22)20(29)19(14)28)7-10-34-33-9-2-3-17(27)32-23-15(25)4-5-16(23)26/h12-15,18-20,24-25,28-29H,2-11H2,1H3/t12?,13-,14-,15?,18+,19+,20+/m0/s1. The number of nitrogens with zero attached hydrogens (tertiary/aromatic N) is 2. The molecule has 3 saturated heterocycles. The summed E-state index contributed by atoms with van der Waals surface area (Å²) in [6.07, 6.45) is -2.77. The SMILES string of the molecule is CC(CCSSCCCC(=O)ON1C(=O)CCC1O)C(=O)O[C@H]1CN2CC[C@H](O)[C@@H]2[C@@H](O)[C@@H]1O. The zero-order valence-corrected chi connectivity index (χ0v) is 20.8. The molecular formula is C21H34N2O9S2. The van der Waals surface area contributed by atoms with Gasteiger partial charge in [-0.15, -0.1) is 5.06 Å². The summed E-state index contributed by atoms with van der Waals surface area (Å²) in [5.41, 5.74) is 0. The van der Waals surface area contributed by atoms with Crippen LogP contribution in [0.15, 0.2) is 0 Å². The van der Waals surface area contributed by atoms with Crippen molar-refractivity contribution in [2.75, 3.05) is 24.6 Å². The zero-order valence-electron chi connectivity index (χ0n) is 19.2. The third-order valence-corrected chi connectivity index (χ3v) is 8.88. The Bertz CT molecular complexity index is 730. The largest absolute Gasteiger partial charge is 0.458 e. The van der Waals surface area contributed by atoms with Crippen molar-refractivity contribution in [2.24, 2.45) is 5.92 Å². The highest BCUT2D eigenvalue weighted by molar-refractivity contribution is 8.76. The van der Waals surface area contributed by atoms with Gasteiger partial charge in [-0.2, -0.15) is 0 Å². The van der Waals surface area contributed by atoms with E-state index in [-0.39, 0.29) is 31.7 Å². The summed E-state index contributed by atoms with van der Waals surface area (Å²) < 4.78 is 5.49. The molecule has 13 heteroatoms. The maximum atomic E-state index is 12.5. The molecule has 1 amide bonds. The summed E-state index contributed by atoms with van der Waals surface area (Å²) in [5.74, 6) is -0.381. The van der Waals surface area contributed by atoms with Gasteiger partial charge < -0.3 is 30.0 Å². The number of fused-ring (bicyclic) bond motifs is 1. The lowest BCUT2D eigenvalue weighted by Gasteiger charge is -2.42. The van der Waals surface area contributed by atoms with Crippen LogP contribution in [0.4, 0.5) is 0 Å². The lowest BCUT2D eigenvalue weighted by atomic mass is 9.93. The maximum absolute atomic E-state index is 12.5. The first-order valence-corrected chi connectivity index (χ1v) is 14.1. The van der Waals surface area contributed by atoms with E-state index >= 15 is 0 Å². The minimum atomic E-state index is -1.23. The van der Waals surface area contributed by atoms with Crippen molar-refractivity contribution in [2.45, 2.75) is 82.1 Å². The third kappa shape index (κ3) is 6.99. The van der Waals surface area contributed by atoms with Gasteiger partial charge in [0.15, 0.2) is 6.23 Å². The van der Waals surface area contributed by atoms with Gasteiger partial charge in [0.25, 0.3) is 5.91 Å². The van der Waals surface area contributed by atoms with Crippen molar-refractivity contribution in [1.82, 2.24) is 9.96 Å². The Balaban J connectivity index is 1.25. The lowest BCUT2D eigenvalue weighted by Crippen LogP contribution is -2.62. The summed E-state index contributed by atoms with van der Waals surface area (Å²) in [4.78, 5) is 42.5. The minimum Gasteiger partial charge on any atom is -0.458 e. The van der Waals surface area contributed by atoms with Crippen molar-refractivity contribution in [1.29, 1.82) is 0 Å². The second-order valence-corrected chi connectivity index (χ2v) is 11.6. The van der Waals surface area contributed by atoms with Crippen molar-refractivity contribution in [3.63, 3.8) is 0 Å². The van der Waals surface area contributed by atoms with E-state index in [4.69, 9.17) is 9.57 Å². The van der Waals surface area contributed by atoms with E-state index in [9.17, 15) is 34.8 Å². The molecule has 7 atom stereocenters. The molecule has 194 valence electrons. The maximum Gasteiger partial charge on any atom is 0.332 e. The number of aliphatic hydroxyl groups is 4. The van der Waals surface area contributed by atoms with Gasteiger partial charge in [-0.1, -0.05) is 28.5 Å². The topological polar surface area (TPSA) is 157 Å². The molecular weight excluding hydrogens is 488 g/mol. The normalized spacial score (nSPS) is 32.5. The van der Waals surface area contributed by atoms with E-state index in [2.05, 4.69) is 0 Å². The van der Waals surface area contributed by atoms with E-state index in [1.807, 2.05) is 4.90 Å². The van der Waals surface area contributed by atoms with Crippen LogP contribution in [0.2, 0.25) is 0 Å². The second kappa shape index (κ2) is 12.7. The van der Waals surface area contributed by atoms with Crippen LogP contribution in [0.5, 0.6) is 0 Å². The summed E-state index contributed by atoms with van der Waals surface area (Å²) in [6.45, 7) is 2.63. The Morgan fingerprint density at radius 2 is 1.85 bits per heavy atom. The fraction of sp³-hybridized carbons (Fsp3) is 0.857. The molecule has 0 radical (unpaired) electrons. The van der Waals surface area contributed by atoms with Crippen molar-refractivity contribution >= 4 is 39.4 Å². The molecule has 11 nitrogen and oxygen atoms in total. The Morgan fingerprint density at radius 3 is 2.56 bits per heavy atom. The van der Waals surface area contributed by atoms with Crippen molar-refractivity contribution in [3.8, 4) is 0 Å². The van der Waals surface area contributed by atoms with Gasteiger partial charge in [-0.25, -0.2) is 4.79 Å². The molecule has 0 aromatic rings. The smallest absolute Gasteiger partial charge is 0.332 e. The van der Waals surface area contributed by atoms with E-state index in [1.54, 1.807) is 28.5 Å². The number of rotatable bonds is 11. The van der Waals surface area contributed by atoms with E-state index in [0.717, 1.165) is 5.06 Å². The molecule has 3 aliphatic heterocycles. The molecule has 0 aromatic carbocycles. The highest BCUT2D eigenvalue weighted by Crippen LogP contribution is 2.30. The van der Waals surface area contributed by atoms with Gasteiger partial charge in [-0.3, -0.25) is 14.5 Å². The van der Waals surface area contributed by atoms with Crippen LogP contribution >= 0.6 is 21.6 Å². The fourth-order valence-electron chi connectivity index (χ4n) is 4.30. The molecule has 3 heterocycles. The number of carbonyl (C=O) groups excluding carboxylic acids is 3. The van der Waals surface area contributed by atoms with Crippen molar-refractivity contribution < 1.29 is 44.4 Å². The Kier molecular flexibility index (Phi) is 10.3. The number of hydroxylamine groups is 2. The highest BCUT2D eigenvalue weighted by atomic mass is 33.1. The monoisotopic (exact) mass is 522 g/mol. The minimum absolute atomic E-state index is 0.136. The molecule has 0 saturated carbocycles. The number of esters is 1. The van der Waals surface area contributed by atoms with E-state index in [0.29, 0.717) is 37.3 Å². The molecule has 0 aliphatic carbocycles. The Labute approximate surface area is 206 Å². The van der Waals surface area contributed by atoms with Crippen LogP contribution in [0.25, 0.3) is 0 Å². The quantitative estimate of drug-likeness (QED) is 0.159. The predicted octanol–water partition coefficient (Wildman–Crippen LogP) is -0.344. The number of aliphatic hydroxyl groups excluding tert-OH is 4. The van der Waals surface area contributed by atoms with Crippen LogP contribution in [0.1, 0.15) is 45.4 Å². The van der Waals surface area contributed by atoms with Gasteiger partial charge >= 0.3 is 11.9 Å². The summed E-state index contributed by atoms with van der Waals surface area (Å²) >= 11 is 0. The highest BCUT2D eigenvalue weighted by Gasteiger charge is 2.49. The van der Waals surface area contributed by atoms with Crippen LogP contribution in [0.3, 0.4) is 0 Å². The van der Waals surface area contributed by atoms with Gasteiger partial charge in [-0.05, 0) is 19.3 Å². The van der Waals surface area contributed by atoms with Crippen LogP contribution in [-0.4, -0.2) is 110 Å². The van der Waals surface area contributed by atoms with Crippen LogP contribution in [-0.2, 0) is 24.0 Å². The summed E-state index contributed by atoms with van der Waals surface area (Å²) in [5, 5.41) is 40.9. The molecule has 3 fully saturated rings. The molecule has 0 aromatic heterocycles. The van der Waals surface area contributed by atoms with Gasteiger partial charge in [0.2, 0.25) is 0 Å². The number of amides is 1. The first-order valence-electron chi connectivity index (χ1n) is 11.6. The first-order chi connectivity index (χ1) is 16.2. The van der Waals surface area contributed by atoms with Crippen LogP contribution in [0, 0.1) is 5.92 Å². The molecule has 0 bridgehead atoms. The third-order valence-electron chi connectivity index (χ3n) is 6.35. The second-order valence-electron chi connectivity index (χ2n) is 8.94. The average molecular weight is 523 g/mol. The van der Waals surface area contributed by atoms with Gasteiger partial charge in [0.1, 0.15) is 18.3 Å². The lowest BCUT2D eigenvalue weighted by molar-refractivity contribution is -0.220. The van der Waals surface area contributed by atoms with Crippen LogP contribution < -0.4 is 0 Å². The molecule has 3 aliphatic rings. The number of hydrogen-bond acceptors (Lipinski definition) is 12. The molecule has 34 heavy (non-hydrogen) atoms. The van der Waals surface area contributed by atoms with Crippen molar-refractivity contribution in [3.05, 3.63) is 0 Å². The fourth-order valence-corrected chi connectivity index (χ4v) is 6.60. The summed E-state index contributed by atoms with van der Waals surface area (Å²) in [7, 11) is 3.13. The number of ether oxygens (including phenoxy) is 1.